The number of aliphatic hydroxyl groups excluding tert-OH is 1. The average molecular weight is 258 g/mol. The molecule has 4 nitrogen and oxygen atoms in total. The Kier molecular flexibility index (Phi) is 2.82. The lowest BCUT2D eigenvalue weighted by atomic mass is 9.98. The highest BCUT2D eigenvalue weighted by molar-refractivity contribution is 5.85. The highest BCUT2D eigenvalue weighted by Crippen LogP contribution is 2.28. The van der Waals surface area contributed by atoms with E-state index in [2.05, 4.69) is 17.3 Å². The van der Waals surface area contributed by atoms with E-state index >= 15 is 0 Å². The summed E-state index contributed by atoms with van der Waals surface area (Å²) in [6.07, 6.45) is 6.76. The van der Waals surface area contributed by atoms with E-state index in [9.17, 15) is 5.11 Å². The Labute approximate surface area is 112 Å². The fourth-order valence-corrected chi connectivity index (χ4v) is 2.85. The van der Waals surface area contributed by atoms with Crippen molar-refractivity contribution in [2.75, 3.05) is 7.11 Å². The van der Waals surface area contributed by atoms with Crippen LogP contribution in [0.3, 0.4) is 0 Å². The number of nitrogens with zero attached hydrogens (tertiary/aromatic N) is 2. The number of allylic oxidation sites excluding steroid dienone is 3. The predicted molar refractivity (Wildman–Crippen MR) is 73.6 cm³/mol. The molecule has 0 aromatic carbocycles. The third-order valence-corrected chi connectivity index (χ3v) is 3.59. The van der Waals surface area contributed by atoms with Gasteiger partial charge in [0.1, 0.15) is 5.76 Å². The lowest BCUT2D eigenvalue weighted by Gasteiger charge is -2.12. The first-order valence-electron chi connectivity index (χ1n) is 6.53. The number of ether oxygens (including phenoxy) is 1. The van der Waals surface area contributed by atoms with Gasteiger partial charge in [0, 0.05) is 10.8 Å². The third-order valence-electron chi connectivity index (χ3n) is 3.59. The van der Waals surface area contributed by atoms with Gasteiger partial charge in [0.2, 0.25) is 0 Å². The van der Waals surface area contributed by atoms with E-state index in [0.29, 0.717) is 6.54 Å². The van der Waals surface area contributed by atoms with Crippen molar-refractivity contribution in [1.82, 2.24) is 9.78 Å². The summed E-state index contributed by atoms with van der Waals surface area (Å²) < 4.78 is 7.32. The highest BCUT2D eigenvalue weighted by atomic mass is 16.5. The molecule has 2 aliphatic rings. The molecule has 0 amide bonds. The second kappa shape index (κ2) is 4.38. The van der Waals surface area contributed by atoms with Gasteiger partial charge in [0.25, 0.3) is 0 Å². The zero-order valence-corrected chi connectivity index (χ0v) is 11.5. The monoisotopic (exact) mass is 258 g/mol. The summed E-state index contributed by atoms with van der Waals surface area (Å²) in [6.45, 7) is 4.31. The van der Waals surface area contributed by atoms with E-state index < -0.39 is 6.10 Å². The molecule has 3 rings (SSSR count). The van der Waals surface area contributed by atoms with Crippen LogP contribution in [-0.4, -0.2) is 28.1 Å². The SMILES string of the molecule is COC1=C2C=c3c(c(C)nn3C[C@H](C)O)=C2CC=C1. The van der Waals surface area contributed by atoms with E-state index in [-0.39, 0.29) is 0 Å². The summed E-state index contributed by atoms with van der Waals surface area (Å²) in [4.78, 5) is 0. The Hall–Kier alpha value is -1.81. The molecule has 0 radical (unpaired) electrons. The van der Waals surface area contributed by atoms with Gasteiger partial charge in [-0.1, -0.05) is 6.08 Å². The topological polar surface area (TPSA) is 47.3 Å². The third kappa shape index (κ3) is 1.83. The molecule has 0 unspecified atom stereocenters. The Balaban J connectivity index is 2.25. The molecule has 19 heavy (non-hydrogen) atoms. The zero-order chi connectivity index (χ0) is 13.6. The largest absolute Gasteiger partial charge is 0.496 e. The second-order valence-electron chi connectivity index (χ2n) is 5.09. The van der Waals surface area contributed by atoms with Gasteiger partial charge in [-0.05, 0) is 38.0 Å². The number of methoxy groups -OCH3 is 1. The van der Waals surface area contributed by atoms with Crippen LogP contribution >= 0.6 is 0 Å². The molecular formula is C15H18N2O2. The van der Waals surface area contributed by atoms with Crippen LogP contribution in [0, 0.1) is 6.92 Å². The number of aliphatic hydroxyl groups is 1. The molecule has 0 fully saturated rings. The Morgan fingerprint density at radius 3 is 3.00 bits per heavy atom. The molecule has 0 spiro atoms. The van der Waals surface area contributed by atoms with Crippen molar-refractivity contribution in [3.05, 3.63) is 39.7 Å². The normalized spacial score (nSPS) is 18.2. The van der Waals surface area contributed by atoms with Crippen molar-refractivity contribution in [3.8, 4) is 0 Å². The first-order chi connectivity index (χ1) is 9.11. The van der Waals surface area contributed by atoms with E-state index in [4.69, 9.17) is 4.74 Å². The summed E-state index contributed by atoms with van der Waals surface area (Å²) in [5, 5.41) is 16.4. The van der Waals surface area contributed by atoms with E-state index in [1.807, 2.05) is 17.7 Å². The summed E-state index contributed by atoms with van der Waals surface area (Å²) in [6, 6.07) is 0. The van der Waals surface area contributed by atoms with Gasteiger partial charge in [-0.15, -0.1) is 0 Å². The second-order valence-corrected chi connectivity index (χ2v) is 5.09. The first-order valence-corrected chi connectivity index (χ1v) is 6.53. The molecule has 1 heterocycles. The number of hydrogen-bond donors (Lipinski definition) is 1. The van der Waals surface area contributed by atoms with E-state index in [1.54, 1.807) is 14.0 Å². The van der Waals surface area contributed by atoms with Crippen molar-refractivity contribution >= 4 is 11.6 Å². The summed E-state index contributed by atoms with van der Waals surface area (Å²) >= 11 is 0. The Bertz CT molecular complexity index is 705. The van der Waals surface area contributed by atoms with Crippen molar-refractivity contribution in [2.24, 2.45) is 0 Å². The zero-order valence-electron chi connectivity index (χ0n) is 11.5. The molecule has 2 aliphatic carbocycles. The molecule has 100 valence electrons. The minimum Gasteiger partial charge on any atom is -0.496 e. The van der Waals surface area contributed by atoms with Crippen LogP contribution in [0.1, 0.15) is 19.0 Å². The van der Waals surface area contributed by atoms with Crippen LogP contribution in [-0.2, 0) is 11.3 Å². The predicted octanol–water partition coefficient (Wildman–Crippen LogP) is 0.378. The molecule has 1 aromatic rings. The van der Waals surface area contributed by atoms with Gasteiger partial charge < -0.3 is 9.84 Å². The number of rotatable bonds is 3. The minimum atomic E-state index is -0.404. The maximum Gasteiger partial charge on any atom is 0.126 e. The van der Waals surface area contributed by atoms with Gasteiger partial charge in [-0.2, -0.15) is 5.10 Å². The van der Waals surface area contributed by atoms with Gasteiger partial charge in [0.05, 0.1) is 30.8 Å². The molecule has 1 N–H and O–H groups in total. The summed E-state index contributed by atoms with van der Waals surface area (Å²) in [5.41, 5.74) is 3.45. The summed E-state index contributed by atoms with van der Waals surface area (Å²) in [5.74, 6) is 0.903. The van der Waals surface area contributed by atoms with E-state index in [0.717, 1.165) is 28.8 Å². The highest BCUT2D eigenvalue weighted by Gasteiger charge is 2.22. The number of aromatic nitrogens is 2. The molecular weight excluding hydrogens is 240 g/mol. The van der Waals surface area contributed by atoms with Gasteiger partial charge >= 0.3 is 0 Å². The molecule has 0 aliphatic heterocycles. The van der Waals surface area contributed by atoms with Crippen LogP contribution < -0.4 is 10.6 Å². The minimum absolute atomic E-state index is 0.404. The van der Waals surface area contributed by atoms with Crippen LogP contribution in [0.4, 0.5) is 0 Å². The van der Waals surface area contributed by atoms with Crippen LogP contribution in [0.25, 0.3) is 11.6 Å². The van der Waals surface area contributed by atoms with E-state index in [1.165, 1.54) is 10.8 Å². The number of hydrogen-bond acceptors (Lipinski definition) is 3. The molecule has 4 heteroatoms. The van der Waals surface area contributed by atoms with Crippen LogP contribution in [0.5, 0.6) is 0 Å². The smallest absolute Gasteiger partial charge is 0.126 e. The maximum atomic E-state index is 9.57. The van der Waals surface area contributed by atoms with Crippen molar-refractivity contribution in [1.29, 1.82) is 0 Å². The lowest BCUT2D eigenvalue weighted by Crippen LogP contribution is -2.31. The standard InChI is InChI=1S/C15H18N2O2/c1-9(18)8-17-13-7-12-11(15(13)10(2)16-17)5-4-6-14(12)19-3/h4,6-7,9,18H,5,8H2,1-3H3/t9-/m0/s1. The summed E-state index contributed by atoms with van der Waals surface area (Å²) in [7, 11) is 1.70. The average Bonchev–Trinajstić information content (AvgIpc) is 2.88. The number of fused-ring (bicyclic) bond motifs is 2. The Morgan fingerprint density at radius 2 is 2.32 bits per heavy atom. The molecule has 0 saturated carbocycles. The van der Waals surface area contributed by atoms with Crippen LogP contribution in [0.15, 0.2) is 23.5 Å². The van der Waals surface area contributed by atoms with Crippen LogP contribution in [0.2, 0.25) is 0 Å². The number of aryl methyl sites for hydroxylation is 1. The first kappa shape index (κ1) is 12.2. The fourth-order valence-electron chi connectivity index (χ4n) is 2.85. The van der Waals surface area contributed by atoms with Crippen molar-refractivity contribution < 1.29 is 9.84 Å². The van der Waals surface area contributed by atoms with Crippen molar-refractivity contribution in [3.63, 3.8) is 0 Å². The molecule has 1 aromatic heterocycles. The fraction of sp³-hybridized carbons (Fsp3) is 0.400. The quantitative estimate of drug-likeness (QED) is 0.852. The van der Waals surface area contributed by atoms with Gasteiger partial charge in [-0.25, -0.2) is 0 Å². The van der Waals surface area contributed by atoms with Gasteiger partial charge in [-0.3, -0.25) is 4.68 Å². The van der Waals surface area contributed by atoms with Gasteiger partial charge in [0.15, 0.2) is 0 Å². The molecule has 0 bridgehead atoms. The Morgan fingerprint density at radius 1 is 1.53 bits per heavy atom. The lowest BCUT2D eigenvalue weighted by molar-refractivity contribution is 0.167. The molecule has 1 atom stereocenters. The molecule has 0 saturated heterocycles. The maximum absolute atomic E-state index is 9.57. The van der Waals surface area contributed by atoms with Crippen molar-refractivity contribution in [2.45, 2.75) is 32.9 Å².